The standard InChI is InChI=1S/C19H27N3O3/c1-6-11-22(18(23)20-19(2,3)4)13-15-12-17(25-21-15)14-7-9-16(24-5)10-8-14/h7-10,12H,6,11,13H2,1-5H3,(H,20,23). The lowest BCUT2D eigenvalue weighted by Gasteiger charge is -2.27. The Balaban J connectivity index is 2.09. The first kappa shape index (κ1) is 18.8. The number of rotatable bonds is 6. The second-order valence-corrected chi connectivity index (χ2v) is 7.01. The number of carbonyl (C=O) groups excluding carboxylic acids is 1. The molecule has 0 aliphatic rings. The van der Waals surface area contributed by atoms with Crippen molar-refractivity contribution in [2.45, 2.75) is 46.2 Å². The number of nitrogens with one attached hydrogen (secondary N) is 1. The SMILES string of the molecule is CCCN(Cc1cc(-c2ccc(OC)cc2)on1)C(=O)NC(C)(C)C. The van der Waals surface area contributed by atoms with Crippen LogP contribution in [0.4, 0.5) is 4.79 Å². The molecule has 136 valence electrons. The van der Waals surface area contributed by atoms with E-state index in [0.29, 0.717) is 18.8 Å². The van der Waals surface area contributed by atoms with Crippen LogP contribution in [0, 0.1) is 0 Å². The summed E-state index contributed by atoms with van der Waals surface area (Å²) in [5.74, 6) is 1.46. The van der Waals surface area contributed by atoms with Crippen LogP contribution in [0.25, 0.3) is 11.3 Å². The summed E-state index contributed by atoms with van der Waals surface area (Å²) >= 11 is 0. The molecule has 6 nitrogen and oxygen atoms in total. The van der Waals surface area contributed by atoms with E-state index in [9.17, 15) is 4.79 Å². The van der Waals surface area contributed by atoms with Gasteiger partial charge in [0.15, 0.2) is 5.76 Å². The summed E-state index contributed by atoms with van der Waals surface area (Å²) in [5.41, 5.74) is 1.37. The summed E-state index contributed by atoms with van der Waals surface area (Å²) in [6.45, 7) is 9.01. The third kappa shape index (κ3) is 5.52. The number of carbonyl (C=O) groups is 1. The van der Waals surface area contributed by atoms with Gasteiger partial charge in [-0.1, -0.05) is 12.1 Å². The second-order valence-electron chi connectivity index (χ2n) is 7.01. The molecule has 0 aliphatic heterocycles. The molecule has 2 rings (SSSR count). The number of hydrogen-bond acceptors (Lipinski definition) is 4. The van der Waals surface area contributed by atoms with Gasteiger partial charge in [-0.15, -0.1) is 0 Å². The minimum atomic E-state index is -0.277. The number of hydrogen-bond donors (Lipinski definition) is 1. The highest BCUT2D eigenvalue weighted by atomic mass is 16.5. The number of amides is 2. The normalized spacial score (nSPS) is 11.2. The number of urea groups is 1. The average Bonchev–Trinajstić information content (AvgIpc) is 3.01. The van der Waals surface area contributed by atoms with Crippen LogP contribution in [0.3, 0.4) is 0 Å². The number of aromatic nitrogens is 1. The summed E-state index contributed by atoms with van der Waals surface area (Å²) in [4.78, 5) is 14.2. The smallest absolute Gasteiger partial charge is 0.318 e. The van der Waals surface area contributed by atoms with E-state index in [2.05, 4.69) is 10.5 Å². The van der Waals surface area contributed by atoms with Gasteiger partial charge in [0.25, 0.3) is 0 Å². The monoisotopic (exact) mass is 345 g/mol. The van der Waals surface area contributed by atoms with Crippen molar-refractivity contribution >= 4 is 6.03 Å². The first-order valence-electron chi connectivity index (χ1n) is 8.49. The molecule has 25 heavy (non-hydrogen) atoms. The van der Waals surface area contributed by atoms with E-state index in [1.165, 1.54) is 0 Å². The van der Waals surface area contributed by atoms with Crippen LogP contribution >= 0.6 is 0 Å². The molecule has 6 heteroatoms. The molecule has 0 bridgehead atoms. The highest BCUT2D eigenvalue weighted by molar-refractivity contribution is 5.75. The van der Waals surface area contributed by atoms with Gasteiger partial charge in [0, 0.05) is 23.7 Å². The van der Waals surface area contributed by atoms with Crippen LogP contribution in [-0.2, 0) is 6.54 Å². The fourth-order valence-electron chi connectivity index (χ4n) is 2.40. The van der Waals surface area contributed by atoms with Crippen molar-refractivity contribution in [2.75, 3.05) is 13.7 Å². The lowest BCUT2D eigenvalue weighted by atomic mass is 10.1. The molecule has 0 atom stereocenters. The first-order chi connectivity index (χ1) is 11.8. The average molecular weight is 345 g/mol. The predicted octanol–water partition coefficient (Wildman–Crippen LogP) is 4.07. The van der Waals surface area contributed by atoms with E-state index in [1.54, 1.807) is 12.0 Å². The number of nitrogens with zero attached hydrogens (tertiary/aromatic N) is 2. The molecule has 0 saturated carbocycles. The Kier molecular flexibility index (Phi) is 6.07. The van der Waals surface area contributed by atoms with Gasteiger partial charge in [-0.2, -0.15) is 0 Å². The first-order valence-corrected chi connectivity index (χ1v) is 8.49. The third-order valence-corrected chi connectivity index (χ3v) is 3.55. The van der Waals surface area contributed by atoms with Crippen molar-refractivity contribution < 1.29 is 14.1 Å². The maximum Gasteiger partial charge on any atom is 0.318 e. The Morgan fingerprint density at radius 1 is 1.28 bits per heavy atom. The third-order valence-electron chi connectivity index (χ3n) is 3.55. The molecule has 0 unspecified atom stereocenters. The quantitative estimate of drug-likeness (QED) is 0.857. The summed E-state index contributed by atoms with van der Waals surface area (Å²) in [6.07, 6.45) is 0.876. The summed E-state index contributed by atoms with van der Waals surface area (Å²) in [5, 5.41) is 7.10. The zero-order valence-electron chi connectivity index (χ0n) is 15.6. The summed E-state index contributed by atoms with van der Waals surface area (Å²) in [6, 6.07) is 9.35. The molecule has 1 aromatic heterocycles. The van der Waals surface area contributed by atoms with Crippen LogP contribution in [0.15, 0.2) is 34.9 Å². The molecule has 0 saturated heterocycles. The fraction of sp³-hybridized carbons (Fsp3) is 0.474. The van der Waals surface area contributed by atoms with Gasteiger partial charge in [0.2, 0.25) is 0 Å². The van der Waals surface area contributed by atoms with E-state index < -0.39 is 0 Å². The van der Waals surface area contributed by atoms with Gasteiger partial charge in [0.1, 0.15) is 11.4 Å². The van der Waals surface area contributed by atoms with Crippen molar-refractivity contribution in [3.05, 3.63) is 36.0 Å². The molecule has 2 amide bonds. The lowest BCUT2D eigenvalue weighted by molar-refractivity contribution is 0.184. The Morgan fingerprint density at radius 3 is 2.52 bits per heavy atom. The summed E-state index contributed by atoms with van der Waals surface area (Å²) in [7, 11) is 1.63. The Bertz CT molecular complexity index is 687. The Morgan fingerprint density at radius 2 is 1.96 bits per heavy atom. The highest BCUT2D eigenvalue weighted by Gasteiger charge is 2.20. The summed E-state index contributed by atoms with van der Waals surface area (Å²) < 4.78 is 10.6. The second kappa shape index (κ2) is 8.05. The highest BCUT2D eigenvalue weighted by Crippen LogP contribution is 2.23. The van der Waals surface area contributed by atoms with Gasteiger partial charge < -0.3 is 19.5 Å². The van der Waals surface area contributed by atoms with E-state index >= 15 is 0 Å². The largest absolute Gasteiger partial charge is 0.497 e. The fourth-order valence-corrected chi connectivity index (χ4v) is 2.40. The molecular weight excluding hydrogens is 318 g/mol. The van der Waals surface area contributed by atoms with Crippen molar-refractivity contribution in [2.24, 2.45) is 0 Å². The Hall–Kier alpha value is -2.50. The molecule has 2 aromatic rings. The van der Waals surface area contributed by atoms with Crippen molar-refractivity contribution in [3.63, 3.8) is 0 Å². The zero-order valence-corrected chi connectivity index (χ0v) is 15.6. The van der Waals surface area contributed by atoms with E-state index in [1.807, 2.05) is 58.0 Å². The van der Waals surface area contributed by atoms with Crippen LogP contribution < -0.4 is 10.1 Å². The number of ether oxygens (including phenoxy) is 1. The predicted molar refractivity (Wildman–Crippen MR) is 97.5 cm³/mol. The van der Waals surface area contributed by atoms with Crippen LogP contribution in [0.1, 0.15) is 39.8 Å². The van der Waals surface area contributed by atoms with Gasteiger partial charge in [-0.3, -0.25) is 0 Å². The van der Waals surface area contributed by atoms with E-state index in [0.717, 1.165) is 23.4 Å². The number of benzene rings is 1. The molecular formula is C19H27N3O3. The molecule has 0 fully saturated rings. The molecule has 1 aromatic carbocycles. The van der Waals surface area contributed by atoms with Crippen molar-refractivity contribution in [3.8, 4) is 17.1 Å². The molecule has 1 heterocycles. The molecule has 1 N–H and O–H groups in total. The number of methoxy groups -OCH3 is 1. The molecule has 0 aliphatic carbocycles. The van der Waals surface area contributed by atoms with Crippen LogP contribution in [0.5, 0.6) is 5.75 Å². The van der Waals surface area contributed by atoms with Gasteiger partial charge >= 0.3 is 6.03 Å². The zero-order chi connectivity index (χ0) is 18.4. The van der Waals surface area contributed by atoms with Gasteiger partial charge in [-0.05, 0) is 51.5 Å². The van der Waals surface area contributed by atoms with Gasteiger partial charge in [-0.25, -0.2) is 4.79 Å². The molecule has 0 spiro atoms. The van der Waals surface area contributed by atoms with Crippen molar-refractivity contribution in [1.29, 1.82) is 0 Å². The van der Waals surface area contributed by atoms with E-state index in [-0.39, 0.29) is 11.6 Å². The topological polar surface area (TPSA) is 67.6 Å². The maximum absolute atomic E-state index is 12.4. The minimum Gasteiger partial charge on any atom is -0.497 e. The lowest BCUT2D eigenvalue weighted by Crippen LogP contribution is -2.48. The minimum absolute atomic E-state index is 0.0941. The van der Waals surface area contributed by atoms with Crippen molar-refractivity contribution in [1.82, 2.24) is 15.4 Å². The molecule has 0 radical (unpaired) electrons. The maximum atomic E-state index is 12.4. The van der Waals surface area contributed by atoms with Crippen LogP contribution in [-0.4, -0.2) is 35.3 Å². The van der Waals surface area contributed by atoms with Crippen LogP contribution in [0.2, 0.25) is 0 Å². The Labute approximate surface area is 149 Å². The van der Waals surface area contributed by atoms with E-state index in [4.69, 9.17) is 9.26 Å². The van der Waals surface area contributed by atoms with Gasteiger partial charge in [0.05, 0.1) is 13.7 Å².